The second kappa shape index (κ2) is 7.10. The Morgan fingerprint density at radius 2 is 2.00 bits per heavy atom. The molecular formula is C11H20ClNO. The highest BCUT2D eigenvalue weighted by molar-refractivity contribution is 6.17. The highest BCUT2D eigenvalue weighted by Crippen LogP contribution is 2.27. The number of unbranched alkanes of at least 4 members (excludes halogenated alkanes) is 1. The van der Waals surface area contributed by atoms with E-state index in [-0.39, 0.29) is 5.91 Å². The Bertz CT molecular complexity index is 167. The first-order valence-corrected chi connectivity index (χ1v) is 6.19. The molecule has 0 heterocycles. The van der Waals surface area contributed by atoms with Crippen molar-refractivity contribution in [1.29, 1.82) is 0 Å². The number of amides is 1. The molecule has 0 aromatic carbocycles. The average molecular weight is 218 g/mol. The maximum atomic E-state index is 11.4. The van der Waals surface area contributed by atoms with Crippen LogP contribution < -0.4 is 5.32 Å². The summed E-state index contributed by atoms with van der Waals surface area (Å²) in [7, 11) is 0. The highest BCUT2D eigenvalue weighted by atomic mass is 35.5. The maximum absolute atomic E-state index is 11.4. The van der Waals surface area contributed by atoms with Crippen molar-refractivity contribution in [2.24, 2.45) is 5.92 Å². The maximum Gasteiger partial charge on any atom is 0.220 e. The van der Waals surface area contributed by atoms with Crippen LogP contribution in [0.4, 0.5) is 0 Å². The van der Waals surface area contributed by atoms with E-state index in [1.165, 1.54) is 25.7 Å². The Labute approximate surface area is 91.4 Å². The Hall–Kier alpha value is -0.240. The van der Waals surface area contributed by atoms with Crippen LogP contribution in [0.2, 0.25) is 0 Å². The largest absolute Gasteiger partial charge is 0.356 e. The van der Waals surface area contributed by atoms with Crippen LogP contribution in [0.15, 0.2) is 0 Å². The summed E-state index contributed by atoms with van der Waals surface area (Å²) in [6.07, 6.45) is 7.84. The molecule has 1 N–H and O–H groups in total. The zero-order chi connectivity index (χ0) is 10.2. The molecule has 0 aromatic rings. The molecule has 14 heavy (non-hydrogen) atoms. The van der Waals surface area contributed by atoms with Gasteiger partial charge in [0.15, 0.2) is 0 Å². The molecule has 1 fully saturated rings. The van der Waals surface area contributed by atoms with Crippen LogP contribution in [0.1, 0.15) is 44.9 Å². The first kappa shape index (κ1) is 11.8. The van der Waals surface area contributed by atoms with Crippen LogP contribution in [0.5, 0.6) is 0 Å². The molecule has 1 aliphatic rings. The van der Waals surface area contributed by atoms with Gasteiger partial charge in [-0.1, -0.05) is 12.8 Å². The lowest BCUT2D eigenvalue weighted by Gasteiger charge is -2.08. The van der Waals surface area contributed by atoms with Gasteiger partial charge in [0.2, 0.25) is 5.91 Å². The lowest BCUT2D eigenvalue weighted by Crippen LogP contribution is -2.26. The summed E-state index contributed by atoms with van der Waals surface area (Å²) in [4.78, 5) is 11.4. The third-order valence-corrected chi connectivity index (χ3v) is 3.10. The molecule has 1 amide bonds. The molecule has 2 nitrogen and oxygen atoms in total. The van der Waals surface area contributed by atoms with Crippen LogP contribution in [0.3, 0.4) is 0 Å². The van der Waals surface area contributed by atoms with E-state index < -0.39 is 0 Å². The number of nitrogens with one attached hydrogen (secondary N) is 1. The second-order valence-electron chi connectivity index (χ2n) is 4.10. The van der Waals surface area contributed by atoms with Crippen molar-refractivity contribution in [3.8, 4) is 0 Å². The number of alkyl halides is 1. The van der Waals surface area contributed by atoms with E-state index in [2.05, 4.69) is 5.32 Å². The smallest absolute Gasteiger partial charge is 0.220 e. The van der Waals surface area contributed by atoms with Crippen molar-refractivity contribution in [3.63, 3.8) is 0 Å². The molecule has 0 radical (unpaired) electrons. The van der Waals surface area contributed by atoms with Gasteiger partial charge in [-0.15, -0.1) is 11.6 Å². The van der Waals surface area contributed by atoms with E-state index in [9.17, 15) is 4.79 Å². The van der Waals surface area contributed by atoms with Crippen LogP contribution in [-0.2, 0) is 4.79 Å². The Morgan fingerprint density at radius 1 is 1.29 bits per heavy atom. The number of carbonyl (C=O) groups is 1. The second-order valence-corrected chi connectivity index (χ2v) is 4.48. The third kappa shape index (κ3) is 4.85. The van der Waals surface area contributed by atoms with Gasteiger partial charge in [0.1, 0.15) is 0 Å². The van der Waals surface area contributed by atoms with Crippen LogP contribution in [-0.4, -0.2) is 18.3 Å². The zero-order valence-corrected chi connectivity index (χ0v) is 9.48. The van der Waals surface area contributed by atoms with E-state index in [1.807, 2.05) is 0 Å². The minimum absolute atomic E-state index is 0.228. The van der Waals surface area contributed by atoms with Crippen LogP contribution >= 0.6 is 11.6 Å². The van der Waals surface area contributed by atoms with E-state index >= 15 is 0 Å². The van der Waals surface area contributed by atoms with Crippen molar-refractivity contribution in [1.82, 2.24) is 5.32 Å². The number of rotatable bonds is 6. The molecule has 1 aliphatic carbocycles. The van der Waals surface area contributed by atoms with Gasteiger partial charge in [0, 0.05) is 18.8 Å². The molecule has 0 aromatic heterocycles. The van der Waals surface area contributed by atoms with E-state index in [0.717, 1.165) is 25.8 Å². The molecule has 0 unspecified atom stereocenters. The fourth-order valence-electron chi connectivity index (χ4n) is 2.00. The van der Waals surface area contributed by atoms with Crippen molar-refractivity contribution < 1.29 is 4.79 Å². The fraction of sp³-hybridized carbons (Fsp3) is 0.909. The summed E-state index contributed by atoms with van der Waals surface area (Å²) in [6, 6.07) is 0. The van der Waals surface area contributed by atoms with E-state index in [0.29, 0.717) is 11.8 Å². The van der Waals surface area contributed by atoms with Crippen molar-refractivity contribution in [2.75, 3.05) is 12.4 Å². The summed E-state index contributed by atoms with van der Waals surface area (Å²) >= 11 is 5.54. The van der Waals surface area contributed by atoms with Gasteiger partial charge in [0.05, 0.1) is 0 Å². The Balaban J connectivity index is 1.98. The molecule has 0 aliphatic heterocycles. The van der Waals surface area contributed by atoms with Crippen LogP contribution in [0.25, 0.3) is 0 Å². The minimum atomic E-state index is 0.228. The minimum Gasteiger partial charge on any atom is -0.356 e. The molecule has 82 valence electrons. The molecule has 0 bridgehead atoms. The van der Waals surface area contributed by atoms with Gasteiger partial charge < -0.3 is 5.32 Å². The predicted molar refractivity (Wildman–Crippen MR) is 59.5 cm³/mol. The number of carbonyl (C=O) groups excluding carboxylic acids is 1. The number of hydrogen-bond donors (Lipinski definition) is 1. The topological polar surface area (TPSA) is 29.1 Å². The summed E-state index contributed by atoms with van der Waals surface area (Å²) in [5.41, 5.74) is 0. The molecule has 3 heteroatoms. The van der Waals surface area contributed by atoms with Gasteiger partial charge >= 0.3 is 0 Å². The lowest BCUT2D eigenvalue weighted by molar-refractivity contribution is -0.121. The molecular weight excluding hydrogens is 198 g/mol. The van der Waals surface area contributed by atoms with Gasteiger partial charge in [0.25, 0.3) is 0 Å². The molecule has 0 spiro atoms. The summed E-state index contributed by atoms with van der Waals surface area (Å²) < 4.78 is 0. The van der Waals surface area contributed by atoms with E-state index in [1.54, 1.807) is 0 Å². The first-order valence-electron chi connectivity index (χ1n) is 5.65. The monoisotopic (exact) mass is 217 g/mol. The average Bonchev–Trinajstić information content (AvgIpc) is 2.65. The lowest BCUT2D eigenvalue weighted by atomic mass is 10.0. The number of hydrogen-bond acceptors (Lipinski definition) is 1. The molecule has 0 atom stereocenters. The van der Waals surface area contributed by atoms with Gasteiger partial charge in [-0.25, -0.2) is 0 Å². The van der Waals surface area contributed by atoms with Gasteiger partial charge in [-0.05, 0) is 31.6 Å². The standard InChI is InChI=1S/C11H20ClNO/c12-7-3-4-8-13-11(14)9-10-5-1-2-6-10/h10H,1-9H2,(H,13,14). The summed E-state index contributed by atoms with van der Waals surface area (Å²) in [5.74, 6) is 1.58. The molecule has 0 saturated heterocycles. The Morgan fingerprint density at radius 3 is 2.64 bits per heavy atom. The third-order valence-electron chi connectivity index (χ3n) is 2.83. The van der Waals surface area contributed by atoms with Crippen molar-refractivity contribution in [3.05, 3.63) is 0 Å². The first-order chi connectivity index (χ1) is 6.83. The van der Waals surface area contributed by atoms with Crippen LogP contribution in [0, 0.1) is 5.92 Å². The summed E-state index contributed by atoms with van der Waals surface area (Å²) in [5, 5.41) is 2.95. The predicted octanol–water partition coefficient (Wildman–Crippen LogP) is 2.70. The van der Waals surface area contributed by atoms with Crippen molar-refractivity contribution >= 4 is 17.5 Å². The zero-order valence-electron chi connectivity index (χ0n) is 8.73. The SMILES string of the molecule is O=C(CC1CCCC1)NCCCCCl. The highest BCUT2D eigenvalue weighted by Gasteiger charge is 2.17. The number of halogens is 1. The van der Waals surface area contributed by atoms with Gasteiger partial charge in [-0.3, -0.25) is 4.79 Å². The Kier molecular flexibility index (Phi) is 6.00. The van der Waals surface area contributed by atoms with Crippen molar-refractivity contribution in [2.45, 2.75) is 44.9 Å². The normalized spacial score (nSPS) is 17.2. The summed E-state index contributed by atoms with van der Waals surface area (Å²) in [6.45, 7) is 0.790. The molecule has 1 saturated carbocycles. The molecule has 1 rings (SSSR count). The van der Waals surface area contributed by atoms with E-state index in [4.69, 9.17) is 11.6 Å². The van der Waals surface area contributed by atoms with Gasteiger partial charge in [-0.2, -0.15) is 0 Å². The quantitative estimate of drug-likeness (QED) is 0.538. The fourth-order valence-corrected chi connectivity index (χ4v) is 2.19.